The maximum Gasteiger partial charge on any atom is 0.346 e. The van der Waals surface area contributed by atoms with Gasteiger partial charge in [-0.15, -0.1) is 0 Å². The molecule has 148 valence electrons. The first-order valence-corrected chi connectivity index (χ1v) is 10.4. The molecule has 0 aliphatic carbocycles. The molecule has 0 N–H and O–H groups in total. The van der Waals surface area contributed by atoms with Gasteiger partial charge >= 0.3 is 5.16 Å². The van der Waals surface area contributed by atoms with Crippen LogP contribution in [0.3, 0.4) is 0 Å². The number of benzene rings is 1. The number of fused-ring (bicyclic) bond motifs is 1. The van der Waals surface area contributed by atoms with Crippen molar-refractivity contribution in [3.05, 3.63) is 35.1 Å². The lowest BCUT2D eigenvalue weighted by Gasteiger charge is -2.28. The summed E-state index contributed by atoms with van der Waals surface area (Å²) in [4.78, 5) is 14.6. The Hall–Kier alpha value is -2.01. The van der Waals surface area contributed by atoms with Crippen LogP contribution in [0.15, 0.2) is 29.4 Å². The van der Waals surface area contributed by atoms with E-state index in [0.29, 0.717) is 48.2 Å². The second-order valence-electron chi connectivity index (χ2n) is 6.16. The van der Waals surface area contributed by atoms with Crippen LogP contribution in [-0.2, 0) is 15.9 Å². The van der Waals surface area contributed by atoms with E-state index in [1.54, 1.807) is 24.3 Å². The fourth-order valence-electron chi connectivity index (χ4n) is 3.05. The summed E-state index contributed by atoms with van der Waals surface area (Å²) in [6.45, 7) is 2.22. The zero-order chi connectivity index (χ0) is 19.8. The average molecular weight is 428 g/mol. The van der Waals surface area contributed by atoms with E-state index in [4.69, 9.17) is 16.3 Å². The van der Waals surface area contributed by atoms with Crippen molar-refractivity contribution in [3.63, 3.8) is 0 Å². The standard InChI is InChI=1S/C17H16ClF2N5O2S/c1-28(26)17-22-13(24-4-6-27-7-5-24)9-14(23-17)25-12-8-10(18)2-3-11(12)21-16(25)15(19)20/h2-3,8-9,15H,4-7H2,1H3. The molecule has 3 heterocycles. The van der Waals surface area contributed by atoms with E-state index in [2.05, 4.69) is 15.0 Å². The third kappa shape index (κ3) is 3.64. The molecule has 3 aromatic rings. The number of halogens is 3. The Bertz CT molecular complexity index is 1010. The zero-order valence-corrected chi connectivity index (χ0v) is 16.4. The Morgan fingerprint density at radius 1 is 1.14 bits per heavy atom. The number of nitrogens with zero attached hydrogens (tertiary/aromatic N) is 5. The maximum absolute atomic E-state index is 13.7. The summed E-state index contributed by atoms with van der Waals surface area (Å²) in [5, 5.41) is 0.444. The summed E-state index contributed by atoms with van der Waals surface area (Å²) in [5.41, 5.74) is 0.757. The van der Waals surface area contributed by atoms with Gasteiger partial charge in [0.1, 0.15) is 17.9 Å². The van der Waals surface area contributed by atoms with Crippen LogP contribution in [0.5, 0.6) is 0 Å². The van der Waals surface area contributed by atoms with Gasteiger partial charge in [0.05, 0.1) is 24.2 Å². The van der Waals surface area contributed by atoms with Crippen molar-refractivity contribution < 1.29 is 18.1 Å². The number of anilines is 1. The molecule has 1 aromatic carbocycles. The van der Waals surface area contributed by atoms with Crippen molar-refractivity contribution in [2.45, 2.75) is 11.6 Å². The van der Waals surface area contributed by atoms with Gasteiger partial charge in [0, 0.05) is 35.4 Å². The molecule has 1 fully saturated rings. The van der Waals surface area contributed by atoms with E-state index < -0.39 is 23.4 Å². The van der Waals surface area contributed by atoms with Crippen LogP contribution in [0.4, 0.5) is 14.6 Å². The Kier molecular flexibility index (Phi) is 5.37. The Morgan fingerprint density at radius 2 is 1.86 bits per heavy atom. The molecular formula is C17H16ClF2N5O2S. The molecule has 28 heavy (non-hydrogen) atoms. The Labute approximate surface area is 167 Å². The molecule has 0 bridgehead atoms. The number of hydrogen-bond acceptors (Lipinski definition) is 6. The molecule has 1 saturated heterocycles. The van der Waals surface area contributed by atoms with Gasteiger partial charge in [0.15, 0.2) is 5.82 Å². The minimum atomic E-state index is -2.83. The van der Waals surface area contributed by atoms with Gasteiger partial charge in [-0.3, -0.25) is 4.57 Å². The summed E-state index contributed by atoms with van der Waals surface area (Å²) in [7, 11) is 0. The minimum Gasteiger partial charge on any atom is -0.609 e. The summed E-state index contributed by atoms with van der Waals surface area (Å²) in [6.07, 6.45) is -1.39. The minimum absolute atomic E-state index is 0.0584. The van der Waals surface area contributed by atoms with E-state index in [-0.39, 0.29) is 11.0 Å². The van der Waals surface area contributed by atoms with Crippen molar-refractivity contribution >= 4 is 39.6 Å². The molecule has 1 aliphatic heterocycles. The summed E-state index contributed by atoms with van der Waals surface area (Å²) >= 11 is 4.57. The fourth-order valence-corrected chi connectivity index (χ4v) is 3.66. The van der Waals surface area contributed by atoms with E-state index >= 15 is 0 Å². The highest BCUT2D eigenvalue weighted by Gasteiger charge is 2.25. The number of morpholine rings is 1. The topological polar surface area (TPSA) is 79.1 Å². The number of imidazole rings is 1. The maximum atomic E-state index is 13.7. The molecule has 0 radical (unpaired) electrons. The lowest BCUT2D eigenvalue weighted by atomic mass is 10.3. The molecule has 1 unspecified atom stereocenters. The Morgan fingerprint density at radius 3 is 2.54 bits per heavy atom. The highest BCUT2D eigenvalue weighted by Crippen LogP contribution is 2.30. The quantitative estimate of drug-likeness (QED) is 0.470. The molecule has 2 aromatic heterocycles. The fraction of sp³-hybridized carbons (Fsp3) is 0.353. The molecule has 7 nitrogen and oxygen atoms in total. The van der Waals surface area contributed by atoms with Crippen molar-refractivity contribution in [3.8, 4) is 5.82 Å². The van der Waals surface area contributed by atoms with E-state index in [0.717, 1.165) is 0 Å². The van der Waals surface area contributed by atoms with Crippen molar-refractivity contribution in [2.75, 3.05) is 37.5 Å². The molecule has 11 heteroatoms. The van der Waals surface area contributed by atoms with E-state index in [1.165, 1.54) is 10.8 Å². The van der Waals surface area contributed by atoms with E-state index in [1.807, 2.05) is 4.90 Å². The van der Waals surface area contributed by atoms with Crippen LogP contribution >= 0.6 is 11.6 Å². The van der Waals surface area contributed by atoms with Crippen LogP contribution < -0.4 is 4.90 Å². The van der Waals surface area contributed by atoms with Gasteiger partial charge in [-0.25, -0.2) is 13.8 Å². The van der Waals surface area contributed by atoms with Gasteiger partial charge in [-0.1, -0.05) is 11.6 Å². The van der Waals surface area contributed by atoms with Crippen molar-refractivity contribution in [1.82, 2.24) is 19.5 Å². The van der Waals surface area contributed by atoms with Crippen LogP contribution in [0.1, 0.15) is 12.2 Å². The predicted octanol–water partition coefficient (Wildman–Crippen LogP) is 2.98. The largest absolute Gasteiger partial charge is 0.609 e. The first kappa shape index (κ1) is 19.3. The first-order chi connectivity index (χ1) is 13.4. The second kappa shape index (κ2) is 7.78. The predicted molar refractivity (Wildman–Crippen MR) is 102 cm³/mol. The Balaban J connectivity index is 1.94. The van der Waals surface area contributed by atoms with Crippen molar-refractivity contribution in [2.24, 2.45) is 0 Å². The summed E-state index contributed by atoms with van der Waals surface area (Å²) in [5.74, 6) is 0.209. The highest BCUT2D eigenvalue weighted by molar-refractivity contribution is 7.90. The van der Waals surface area contributed by atoms with Crippen LogP contribution in [0, 0.1) is 0 Å². The number of alkyl halides is 2. The summed E-state index contributed by atoms with van der Waals surface area (Å²) in [6, 6.07) is 6.30. The lowest BCUT2D eigenvalue weighted by molar-refractivity contribution is 0.122. The van der Waals surface area contributed by atoms with Gasteiger partial charge in [0.2, 0.25) is 0 Å². The second-order valence-corrected chi connectivity index (χ2v) is 7.87. The third-order valence-electron chi connectivity index (χ3n) is 4.34. The number of ether oxygens (including phenoxy) is 1. The van der Waals surface area contributed by atoms with Crippen LogP contribution in [0.25, 0.3) is 16.9 Å². The average Bonchev–Trinajstić information content (AvgIpc) is 3.07. The number of hydrogen-bond donors (Lipinski definition) is 0. The van der Waals surface area contributed by atoms with Crippen molar-refractivity contribution in [1.29, 1.82) is 0 Å². The summed E-state index contributed by atoms with van der Waals surface area (Å²) < 4.78 is 46.1. The van der Waals surface area contributed by atoms with E-state index in [9.17, 15) is 13.3 Å². The highest BCUT2D eigenvalue weighted by atomic mass is 35.5. The molecule has 0 amide bonds. The monoisotopic (exact) mass is 427 g/mol. The van der Waals surface area contributed by atoms with Gasteiger partial charge < -0.3 is 14.2 Å². The molecular weight excluding hydrogens is 412 g/mol. The third-order valence-corrected chi connectivity index (χ3v) is 5.27. The number of aromatic nitrogens is 4. The van der Waals surface area contributed by atoms with Gasteiger partial charge in [0.25, 0.3) is 6.43 Å². The first-order valence-electron chi connectivity index (χ1n) is 8.45. The molecule has 4 rings (SSSR count). The van der Waals surface area contributed by atoms with Gasteiger partial charge in [-0.2, -0.15) is 9.97 Å². The lowest BCUT2D eigenvalue weighted by Crippen LogP contribution is -2.37. The van der Waals surface area contributed by atoms with Gasteiger partial charge in [-0.05, 0) is 18.2 Å². The molecule has 1 aliphatic rings. The molecule has 0 saturated carbocycles. The van der Waals surface area contributed by atoms with Crippen LogP contribution in [0.2, 0.25) is 5.02 Å². The number of rotatable bonds is 4. The zero-order valence-electron chi connectivity index (χ0n) is 14.8. The SMILES string of the molecule is C[S+]([O-])c1nc(N2CCOCC2)cc(-n2c(C(F)F)nc3ccc(Cl)cc32)n1. The smallest absolute Gasteiger partial charge is 0.346 e. The normalized spacial score (nSPS) is 16.1. The van der Waals surface area contributed by atoms with Crippen LogP contribution in [-0.4, -0.2) is 56.6 Å². The molecule has 0 spiro atoms. The molecule has 1 atom stereocenters.